The zero-order chi connectivity index (χ0) is 9.84. The molecule has 0 radical (unpaired) electrons. The van der Waals surface area contributed by atoms with Crippen LogP contribution in [0.2, 0.25) is 0 Å². The molecule has 1 aromatic carbocycles. The van der Waals surface area contributed by atoms with Gasteiger partial charge in [0, 0.05) is 12.8 Å². The number of anilines is 1. The Morgan fingerprint density at radius 3 is 2.69 bits per heavy atom. The highest BCUT2D eigenvalue weighted by atomic mass is 16.5. The van der Waals surface area contributed by atoms with E-state index in [0.29, 0.717) is 6.61 Å². The largest absolute Gasteiger partial charge is 0.399 e. The summed E-state index contributed by atoms with van der Waals surface area (Å²) < 4.78 is 4.96. The van der Waals surface area contributed by atoms with Crippen molar-refractivity contribution in [1.29, 1.82) is 0 Å². The molecule has 0 aliphatic heterocycles. The molecule has 3 heteroatoms. The van der Waals surface area contributed by atoms with E-state index in [-0.39, 0.29) is 6.04 Å². The fourth-order valence-corrected chi connectivity index (χ4v) is 1.17. The predicted octanol–water partition coefficient (Wildman–Crippen LogP) is 1.22. The van der Waals surface area contributed by atoms with Gasteiger partial charge >= 0.3 is 0 Å². The van der Waals surface area contributed by atoms with Crippen LogP contribution in [-0.2, 0) is 4.74 Å². The molecule has 0 unspecified atom stereocenters. The maximum absolute atomic E-state index is 5.84. The Kier molecular flexibility index (Phi) is 3.28. The van der Waals surface area contributed by atoms with Crippen molar-refractivity contribution in [1.82, 2.24) is 0 Å². The van der Waals surface area contributed by atoms with Crippen molar-refractivity contribution in [3.8, 4) is 0 Å². The van der Waals surface area contributed by atoms with Crippen molar-refractivity contribution in [2.45, 2.75) is 13.0 Å². The zero-order valence-electron chi connectivity index (χ0n) is 8.08. The van der Waals surface area contributed by atoms with Gasteiger partial charge in [-0.15, -0.1) is 0 Å². The summed E-state index contributed by atoms with van der Waals surface area (Å²) in [5.41, 5.74) is 14.5. The predicted molar refractivity (Wildman–Crippen MR) is 54.4 cm³/mol. The van der Waals surface area contributed by atoms with Gasteiger partial charge in [-0.05, 0) is 24.1 Å². The van der Waals surface area contributed by atoms with Crippen molar-refractivity contribution in [3.05, 3.63) is 29.3 Å². The van der Waals surface area contributed by atoms with E-state index in [4.69, 9.17) is 16.2 Å². The van der Waals surface area contributed by atoms with Crippen LogP contribution in [0.25, 0.3) is 0 Å². The van der Waals surface area contributed by atoms with E-state index in [2.05, 4.69) is 0 Å². The third kappa shape index (κ3) is 2.44. The second kappa shape index (κ2) is 4.25. The van der Waals surface area contributed by atoms with Gasteiger partial charge in [-0.1, -0.05) is 12.1 Å². The third-order valence-electron chi connectivity index (χ3n) is 2.08. The Balaban J connectivity index is 2.84. The van der Waals surface area contributed by atoms with Crippen LogP contribution in [0.15, 0.2) is 18.2 Å². The molecule has 0 spiro atoms. The van der Waals surface area contributed by atoms with Crippen LogP contribution in [0.1, 0.15) is 17.2 Å². The molecule has 0 aliphatic carbocycles. The van der Waals surface area contributed by atoms with Crippen LogP contribution < -0.4 is 11.5 Å². The molecule has 0 fully saturated rings. The van der Waals surface area contributed by atoms with Crippen LogP contribution in [0.3, 0.4) is 0 Å². The van der Waals surface area contributed by atoms with Gasteiger partial charge in [-0.25, -0.2) is 0 Å². The molecule has 72 valence electrons. The fourth-order valence-electron chi connectivity index (χ4n) is 1.17. The highest BCUT2D eigenvalue weighted by Gasteiger charge is 2.05. The Hall–Kier alpha value is -1.06. The maximum atomic E-state index is 5.84. The van der Waals surface area contributed by atoms with Crippen LogP contribution in [0.5, 0.6) is 0 Å². The fraction of sp³-hybridized carbons (Fsp3) is 0.400. The molecule has 4 N–H and O–H groups in total. The Labute approximate surface area is 78.7 Å². The standard InChI is InChI=1S/C10H16N2O/c1-7-3-4-8(5-9(7)11)10(12)6-13-2/h3-5,10H,6,11-12H2,1-2H3/t10-/m1/s1. The molecule has 0 saturated carbocycles. The smallest absolute Gasteiger partial charge is 0.0655 e. The number of methoxy groups -OCH3 is 1. The summed E-state index contributed by atoms with van der Waals surface area (Å²) >= 11 is 0. The number of ether oxygens (including phenoxy) is 1. The van der Waals surface area contributed by atoms with Gasteiger partial charge in [0.25, 0.3) is 0 Å². The van der Waals surface area contributed by atoms with E-state index >= 15 is 0 Å². The molecule has 3 nitrogen and oxygen atoms in total. The monoisotopic (exact) mass is 180 g/mol. The van der Waals surface area contributed by atoms with Crippen molar-refractivity contribution in [2.24, 2.45) is 5.73 Å². The molecule has 1 rings (SSSR count). The lowest BCUT2D eigenvalue weighted by Gasteiger charge is -2.12. The second-order valence-corrected chi connectivity index (χ2v) is 3.18. The maximum Gasteiger partial charge on any atom is 0.0655 e. The van der Waals surface area contributed by atoms with E-state index in [1.807, 2.05) is 25.1 Å². The van der Waals surface area contributed by atoms with Gasteiger partial charge in [0.2, 0.25) is 0 Å². The number of rotatable bonds is 3. The summed E-state index contributed by atoms with van der Waals surface area (Å²) in [4.78, 5) is 0. The number of hydrogen-bond donors (Lipinski definition) is 2. The normalized spacial score (nSPS) is 12.8. The molecule has 1 atom stereocenters. The second-order valence-electron chi connectivity index (χ2n) is 3.18. The average Bonchev–Trinajstić information content (AvgIpc) is 2.10. The van der Waals surface area contributed by atoms with Crippen LogP contribution in [-0.4, -0.2) is 13.7 Å². The van der Waals surface area contributed by atoms with E-state index in [1.54, 1.807) is 7.11 Å². The van der Waals surface area contributed by atoms with E-state index < -0.39 is 0 Å². The van der Waals surface area contributed by atoms with Gasteiger partial charge in [-0.3, -0.25) is 0 Å². The number of hydrogen-bond acceptors (Lipinski definition) is 3. The molecule has 0 heterocycles. The molecule has 0 bridgehead atoms. The number of benzene rings is 1. The first kappa shape index (κ1) is 10.0. The summed E-state index contributed by atoms with van der Waals surface area (Å²) in [7, 11) is 1.64. The van der Waals surface area contributed by atoms with Crippen LogP contribution in [0.4, 0.5) is 5.69 Å². The topological polar surface area (TPSA) is 61.3 Å². The van der Waals surface area contributed by atoms with Gasteiger partial charge in [0.05, 0.1) is 12.6 Å². The van der Waals surface area contributed by atoms with Crippen molar-refractivity contribution in [2.75, 3.05) is 19.5 Å². The highest BCUT2D eigenvalue weighted by Crippen LogP contribution is 2.17. The molecular weight excluding hydrogens is 164 g/mol. The summed E-state index contributed by atoms with van der Waals surface area (Å²) in [6, 6.07) is 5.77. The van der Waals surface area contributed by atoms with E-state index in [9.17, 15) is 0 Å². The molecule has 13 heavy (non-hydrogen) atoms. The Morgan fingerprint density at radius 2 is 2.15 bits per heavy atom. The zero-order valence-corrected chi connectivity index (χ0v) is 8.08. The van der Waals surface area contributed by atoms with Crippen molar-refractivity contribution >= 4 is 5.69 Å². The Bertz CT molecular complexity index is 286. The lowest BCUT2D eigenvalue weighted by Crippen LogP contribution is -2.16. The van der Waals surface area contributed by atoms with E-state index in [0.717, 1.165) is 16.8 Å². The molecule has 0 aliphatic rings. The van der Waals surface area contributed by atoms with Gasteiger partial charge in [0.15, 0.2) is 0 Å². The van der Waals surface area contributed by atoms with Gasteiger partial charge in [-0.2, -0.15) is 0 Å². The summed E-state index contributed by atoms with van der Waals surface area (Å²) in [6.45, 7) is 2.49. The van der Waals surface area contributed by atoms with Crippen LogP contribution in [0, 0.1) is 6.92 Å². The SMILES string of the molecule is COC[C@@H](N)c1ccc(C)c(N)c1. The highest BCUT2D eigenvalue weighted by molar-refractivity contribution is 5.48. The van der Waals surface area contributed by atoms with Crippen molar-refractivity contribution < 1.29 is 4.74 Å². The summed E-state index contributed by atoms with van der Waals surface area (Å²) in [6.07, 6.45) is 0. The molecular formula is C10H16N2O. The minimum atomic E-state index is -0.0899. The minimum absolute atomic E-state index is 0.0899. The van der Waals surface area contributed by atoms with Crippen molar-refractivity contribution in [3.63, 3.8) is 0 Å². The lowest BCUT2D eigenvalue weighted by molar-refractivity contribution is 0.181. The first-order valence-corrected chi connectivity index (χ1v) is 4.25. The number of nitrogens with two attached hydrogens (primary N) is 2. The average molecular weight is 180 g/mol. The number of aryl methyl sites for hydroxylation is 1. The summed E-state index contributed by atoms with van der Waals surface area (Å²) in [5, 5.41) is 0. The molecule has 0 aromatic heterocycles. The third-order valence-corrected chi connectivity index (χ3v) is 2.08. The van der Waals surface area contributed by atoms with Gasteiger partial charge < -0.3 is 16.2 Å². The number of nitrogen functional groups attached to an aromatic ring is 1. The minimum Gasteiger partial charge on any atom is -0.399 e. The Morgan fingerprint density at radius 1 is 1.46 bits per heavy atom. The van der Waals surface area contributed by atoms with Gasteiger partial charge in [0.1, 0.15) is 0 Å². The van der Waals surface area contributed by atoms with E-state index in [1.165, 1.54) is 0 Å². The quantitative estimate of drug-likeness (QED) is 0.687. The molecule has 0 saturated heterocycles. The van der Waals surface area contributed by atoms with Crippen LogP contribution >= 0.6 is 0 Å². The first-order valence-electron chi connectivity index (χ1n) is 4.25. The summed E-state index contributed by atoms with van der Waals surface area (Å²) in [5.74, 6) is 0. The molecule has 0 amide bonds. The first-order chi connectivity index (χ1) is 6.15. The lowest BCUT2D eigenvalue weighted by atomic mass is 10.1. The molecule has 1 aromatic rings.